The lowest BCUT2D eigenvalue weighted by molar-refractivity contribution is 0.373. The third kappa shape index (κ3) is 3.26. The minimum atomic E-state index is 0.110. The molecule has 0 unspecified atom stereocenters. The first-order valence-electron chi connectivity index (χ1n) is 5.93. The number of nitrogens with one attached hydrogen (secondary N) is 1. The zero-order valence-electron chi connectivity index (χ0n) is 11.1. The summed E-state index contributed by atoms with van der Waals surface area (Å²) in [5.74, 6) is 0.542. The summed E-state index contributed by atoms with van der Waals surface area (Å²) < 4.78 is 5.07. The second-order valence-electron chi connectivity index (χ2n) is 4.29. The lowest BCUT2D eigenvalue weighted by Crippen LogP contribution is -2.03. The van der Waals surface area contributed by atoms with Crippen LogP contribution in [0.15, 0.2) is 24.3 Å². The SMILES string of the molecule is COc1cc(CNc2c(C)cc(Cl)nc2Cl)ccc1O. The average Bonchev–Trinajstić information content (AvgIpc) is 2.39. The van der Waals surface area contributed by atoms with Gasteiger partial charge in [-0.1, -0.05) is 29.3 Å². The number of methoxy groups -OCH3 is 1. The largest absolute Gasteiger partial charge is 0.504 e. The molecule has 0 saturated heterocycles. The van der Waals surface area contributed by atoms with Crippen LogP contribution in [0.1, 0.15) is 11.1 Å². The maximum atomic E-state index is 9.55. The molecule has 0 atom stereocenters. The molecule has 0 aliphatic carbocycles. The van der Waals surface area contributed by atoms with Crippen molar-refractivity contribution < 1.29 is 9.84 Å². The molecule has 0 aliphatic rings. The van der Waals surface area contributed by atoms with Gasteiger partial charge in [-0.15, -0.1) is 0 Å². The van der Waals surface area contributed by atoms with Crippen molar-refractivity contribution in [2.75, 3.05) is 12.4 Å². The summed E-state index contributed by atoms with van der Waals surface area (Å²) in [5.41, 5.74) is 2.61. The Bertz CT molecular complexity index is 610. The summed E-state index contributed by atoms with van der Waals surface area (Å²) in [6.07, 6.45) is 0. The van der Waals surface area contributed by atoms with E-state index in [2.05, 4.69) is 10.3 Å². The van der Waals surface area contributed by atoms with E-state index in [1.165, 1.54) is 7.11 Å². The van der Waals surface area contributed by atoms with Crippen molar-refractivity contribution >= 4 is 28.9 Å². The number of nitrogens with zero attached hydrogens (tertiary/aromatic N) is 1. The monoisotopic (exact) mass is 312 g/mol. The van der Waals surface area contributed by atoms with Gasteiger partial charge in [-0.05, 0) is 36.2 Å². The molecule has 2 aromatic rings. The smallest absolute Gasteiger partial charge is 0.160 e. The molecule has 1 aromatic carbocycles. The number of phenols is 1. The van der Waals surface area contributed by atoms with Crippen molar-refractivity contribution in [3.63, 3.8) is 0 Å². The second-order valence-corrected chi connectivity index (χ2v) is 5.03. The Morgan fingerprint density at radius 2 is 2.05 bits per heavy atom. The summed E-state index contributed by atoms with van der Waals surface area (Å²) in [5, 5.41) is 13.5. The molecule has 1 aromatic heterocycles. The Balaban J connectivity index is 2.17. The highest BCUT2D eigenvalue weighted by Crippen LogP contribution is 2.29. The maximum Gasteiger partial charge on any atom is 0.160 e. The fourth-order valence-corrected chi connectivity index (χ4v) is 2.43. The fourth-order valence-electron chi connectivity index (χ4n) is 1.83. The molecule has 2 N–H and O–H groups in total. The number of ether oxygens (including phenoxy) is 1. The van der Waals surface area contributed by atoms with E-state index in [1.807, 2.05) is 6.92 Å². The molecule has 0 aliphatic heterocycles. The van der Waals surface area contributed by atoms with Gasteiger partial charge >= 0.3 is 0 Å². The van der Waals surface area contributed by atoms with Crippen molar-refractivity contribution in [1.82, 2.24) is 4.98 Å². The van der Waals surface area contributed by atoms with Crippen LogP contribution in [-0.4, -0.2) is 17.2 Å². The minimum absolute atomic E-state index is 0.110. The first-order chi connectivity index (χ1) is 9.51. The van der Waals surface area contributed by atoms with Crippen LogP contribution >= 0.6 is 23.2 Å². The molecule has 2 rings (SSSR count). The van der Waals surface area contributed by atoms with E-state index in [1.54, 1.807) is 24.3 Å². The average molecular weight is 313 g/mol. The van der Waals surface area contributed by atoms with Gasteiger partial charge in [0, 0.05) is 6.54 Å². The molecule has 4 nitrogen and oxygen atoms in total. The molecule has 0 bridgehead atoms. The zero-order chi connectivity index (χ0) is 14.7. The van der Waals surface area contributed by atoms with E-state index in [-0.39, 0.29) is 5.75 Å². The van der Waals surface area contributed by atoms with Crippen LogP contribution in [0.25, 0.3) is 0 Å². The maximum absolute atomic E-state index is 9.55. The van der Waals surface area contributed by atoms with Crippen LogP contribution in [0.2, 0.25) is 10.3 Å². The van der Waals surface area contributed by atoms with Crippen molar-refractivity contribution in [3.8, 4) is 11.5 Å². The van der Waals surface area contributed by atoms with Gasteiger partial charge in [0.15, 0.2) is 16.7 Å². The van der Waals surface area contributed by atoms with Gasteiger partial charge in [-0.3, -0.25) is 0 Å². The number of aromatic nitrogens is 1. The Morgan fingerprint density at radius 3 is 2.70 bits per heavy atom. The number of hydrogen-bond donors (Lipinski definition) is 2. The Labute approximate surface area is 127 Å². The summed E-state index contributed by atoms with van der Waals surface area (Å²) in [6, 6.07) is 6.89. The number of phenolic OH excluding ortho intramolecular Hbond substituents is 1. The molecule has 6 heteroatoms. The Morgan fingerprint density at radius 1 is 1.30 bits per heavy atom. The molecule has 1 heterocycles. The molecule has 0 amide bonds. The predicted octanol–water partition coefficient (Wildman–Crippen LogP) is 4.02. The normalized spacial score (nSPS) is 10.4. The third-order valence-electron chi connectivity index (χ3n) is 2.85. The number of hydrogen-bond acceptors (Lipinski definition) is 4. The van der Waals surface area contributed by atoms with E-state index >= 15 is 0 Å². The zero-order valence-corrected chi connectivity index (χ0v) is 12.6. The van der Waals surface area contributed by atoms with E-state index in [0.29, 0.717) is 22.6 Å². The number of benzene rings is 1. The highest BCUT2D eigenvalue weighted by Gasteiger charge is 2.08. The van der Waals surface area contributed by atoms with Crippen molar-refractivity contribution in [2.24, 2.45) is 0 Å². The molecular weight excluding hydrogens is 299 g/mol. The van der Waals surface area contributed by atoms with Gasteiger partial charge < -0.3 is 15.2 Å². The van der Waals surface area contributed by atoms with E-state index in [4.69, 9.17) is 27.9 Å². The fraction of sp³-hybridized carbons (Fsp3) is 0.214. The van der Waals surface area contributed by atoms with E-state index in [9.17, 15) is 5.11 Å². The van der Waals surface area contributed by atoms with Crippen LogP contribution in [-0.2, 0) is 6.54 Å². The lowest BCUT2D eigenvalue weighted by atomic mass is 10.2. The van der Waals surface area contributed by atoms with Crippen molar-refractivity contribution in [2.45, 2.75) is 13.5 Å². The molecule has 0 radical (unpaired) electrons. The highest BCUT2D eigenvalue weighted by atomic mass is 35.5. The molecular formula is C14H14Cl2N2O2. The van der Waals surface area contributed by atoms with E-state index < -0.39 is 0 Å². The van der Waals surface area contributed by atoms with Gasteiger partial charge in [0.1, 0.15) is 5.15 Å². The lowest BCUT2D eigenvalue weighted by Gasteiger charge is -2.12. The van der Waals surface area contributed by atoms with Crippen LogP contribution in [0.5, 0.6) is 11.5 Å². The van der Waals surface area contributed by atoms with Gasteiger partial charge in [-0.2, -0.15) is 0 Å². The Kier molecular flexibility index (Phi) is 4.57. The topological polar surface area (TPSA) is 54.4 Å². The number of pyridine rings is 1. The number of rotatable bonds is 4. The summed E-state index contributed by atoms with van der Waals surface area (Å²) in [7, 11) is 1.51. The van der Waals surface area contributed by atoms with Crippen LogP contribution in [0.4, 0.5) is 5.69 Å². The number of anilines is 1. The second kappa shape index (κ2) is 6.20. The summed E-state index contributed by atoms with van der Waals surface area (Å²) >= 11 is 11.9. The quantitative estimate of drug-likeness (QED) is 0.837. The van der Waals surface area contributed by atoms with Crippen LogP contribution < -0.4 is 10.1 Å². The third-order valence-corrected chi connectivity index (χ3v) is 3.32. The molecule has 0 spiro atoms. The molecule has 20 heavy (non-hydrogen) atoms. The minimum Gasteiger partial charge on any atom is -0.504 e. The first-order valence-corrected chi connectivity index (χ1v) is 6.69. The molecule has 0 fully saturated rings. The Hall–Kier alpha value is -1.65. The van der Waals surface area contributed by atoms with Gasteiger partial charge in [0.2, 0.25) is 0 Å². The van der Waals surface area contributed by atoms with Gasteiger partial charge in [0.05, 0.1) is 12.8 Å². The first kappa shape index (κ1) is 14.8. The number of halogens is 2. The van der Waals surface area contributed by atoms with Gasteiger partial charge in [-0.25, -0.2) is 4.98 Å². The highest BCUT2D eigenvalue weighted by molar-refractivity contribution is 6.34. The van der Waals surface area contributed by atoms with E-state index in [0.717, 1.165) is 16.8 Å². The van der Waals surface area contributed by atoms with Gasteiger partial charge in [0.25, 0.3) is 0 Å². The molecule has 0 saturated carbocycles. The number of aromatic hydroxyl groups is 1. The number of aryl methyl sites for hydroxylation is 1. The summed E-state index contributed by atoms with van der Waals surface area (Å²) in [4.78, 5) is 4.00. The van der Waals surface area contributed by atoms with Crippen LogP contribution in [0.3, 0.4) is 0 Å². The van der Waals surface area contributed by atoms with Crippen molar-refractivity contribution in [3.05, 3.63) is 45.7 Å². The van der Waals surface area contributed by atoms with Crippen LogP contribution in [0, 0.1) is 6.92 Å². The van der Waals surface area contributed by atoms with Crippen molar-refractivity contribution in [1.29, 1.82) is 0 Å². The standard InChI is InChI=1S/C14H14Cl2N2O2/c1-8-5-12(15)18-14(16)13(8)17-7-9-3-4-10(19)11(6-9)20-2/h3-6,17,19H,7H2,1-2H3. The molecule has 106 valence electrons. The summed E-state index contributed by atoms with van der Waals surface area (Å²) in [6.45, 7) is 2.43. The predicted molar refractivity (Wildman–Crippen MR) is 81.0 cm³/mol.